The number of fused-ring (bicyclic) bond motifs is 2. The van der Waals surface area contributed by atoms with Gasteiger partial charge in [-0.15, -0.1) is 12.8 Å². The Morgan fingerprint density at radius 2 is 0.920 bits per heavy atom. The summed E-state index contributed by atoms with van der Waals surface area (Å²) in [6, 6.07) is 25.8. The van der Waals surface area contributed by atoms with Crippen molar-refractivity contribution in [1.82, 2.24) is 4.98 Å². The molecule has 0 aliphatic carbocycles. The highest BCUT2D eigenvalue weighted by molar-refractivity contribution is 6.36. The number of carbonyl (C=O) groups excluding carboxylic acids is 6. The third-order valence-corrected chi connectivity index (χ3v) is 8.05. The van der Waals surface area contributed by atoms with E-state index in [1.54, 1.807) is 48.5 Å². The quantitative estimate of drug-likeness (QED) is 0.190. The topological polar surface area (TPSA) is 146 Å². The molecule has 238 valence electrons. The molecule has 4 aromatic carbocycles. The molecule has 0 unspecified atom stereocenters. The second-order valence-electron chi connectivity index (χ2n) is 11.1. The molecule has 50 heavy (non-hydrogen) atoms. The largest absolute Gasteiger partial charge is 0.322 e. The predicted molar refractivity (Wildman–Crippen MR) is 184 cm³/mol. The zero-order valence-electron chi connectivity index (χ0n) is 25.8. The summed E-state index contributed by atoms with van der Waals surface area (Å²) in [7, 11) is 0. The van der Waals surface area contributed by atoms with E-state index in [9.17, 15) is 28.8 Å². The molecule has 5 aromatic rings. The van der Waals surface area contributed by atoms with Crippen LogP contribution >= 0.6 is 0 Å². The van der Waals surface area contributed by atoms with Crippen LogP contribution in [-0.2, 0) is 0 Å². The van der Waals surface area contributed by atoms with Crippen LogP contribution < -0.4 is 20.4 Å². The van der Waals surface area contributed by atoms with E-state index in [0.717, 1.165) is 9.80 Å². The number of amides is 6. The van der Waals surface area contributed by atoms with E-state index in [1.807, 2.05) is 0 Å². The van der Waals surface area contributed by atoms with Crippen molar-refractivity contribution in [3.05, 3.63) is 148 Å². The molecule has 0 saturated heterocycles. The highest BCUT2D eigenvalue weighted by atomic mass is 16.2. The Bertz CT molecular complexity index is 2290. The Morgan fingerprint density at radius 3 is 1.34 bits per heavy atom. The Balaban J connectivity index is 1.12. The summed E-state index contributed by atoms with van der Waals surface area (Å²) in [6.45, 7) is 0. The fourth-order valence-electron chi connectivity index (χ4n) is 5.62. The minimum absolute atomic E-state index is 0.0233. The van der Waals surface area contributed by atoms with Crippen molar-refractivity contribution in [2.75, 3.05) is 20.4 Å². The lowest BCUT2D eigenvalue weighted by molar-refractivity contribution is 0.0912. The van der Waals surface area contributed by atoms with Gasteiger partial charge in [0.15, 0.2) is 0 Å². The first kappa shape index (κ1) is 31.0. The van der Waals surface area contributed by atoms with Gasteiger partial charge in [-0.2, -0.15) is 0 Å². The molecule has 1 aromatic heterocycles. The molecule has 0 saturated carbocycles. The number of rotatable bonds is 6. The van der Waals surface area contributed by atoms with Gasteiger partial charge in [0, 0.05) is 33.6 Å². The number of nitrogens with zero attached hydrogens (tertiary/aromatic N) is 3. The van der Waals surface area contributed by atoms with Crippen molar-refractivity contribution in [3.63, 3.8) is 0 Å². The van der Waals surface area contributed by atoms with Crippen molar-refractivity contribution in [2.45, 2.75) is 0 Å². The Hall–Kier alpha value is -7.63. The van der Waals surface area contributed by atoms with Crippen LogP contribution in [0.25, 0.3) is 0 Å². The van der Waals surface area contributed by atoms with Crippen LogP contribution in [-0.4, -0.2) is 40.4 Å². The molecule has 7 rings (SSSR count). The van der Waals surface area contributed by atoms with E-state index >= 15 is 0 Å². The standard InChI is InChI=1S/C39H21N5O6/c1-3-22-8-5-10-26(18-22)40-34(45)24-14-16-28-30(20-24)38(49)43(36(28)47)32-12-7-13-33(42-32)44-37(48)29-17-15-25(21-31(29)39(44)50)35(46)41-27-11-6-9-23(4-2)19-27/h1-2,5-21H,(H,40,45)(H,41,46). The highest BCUT2D eigenvalue weighted by Gasteiger charge is 2.41. The van der Waals surface area contributed by atoms with Gasteiger partial charge >= 0.3 is 0 Å². The Labute approximate surface area is 284 Å². The van der Waals surface area contributed by atoms with Gasteiger partial charge < -0.3 is 10.6 Å². The Morgan fingerprint density at radius 1 is 0.520 bits per heavy atom. The minimum atomic E-state index is -0.746. The van der Waals surface area contributed by atoms with E-state index in [1.165, 1.54) is 54.6 Å². The number of imide groups is 2. The molecule has 6 amide bonds. The maximum Gasteiger partial charge on any atom is 0.267 e. The molecular formula is C39H21N5O6. The van der Waals surface area contributed by atoms with Crippen LogP contribution in [0.2, 0.25) is 0 Å². The van der Waals surface area contributed by atoms with Gasteiger partial charge in [0.2, 0.25) is 0 Å². The van der Waals surface area contributed by atoms with Crippen molar-refractivity contribution < 1.29 is 28.8 Å². The van der Waals surface area contributed by atoms with Crippen molar-refractivity contribution in [2.24, 2.45) is 0 Å². The van der Waals surface area contributed by atoms with E-state index in [-0.39, 0.29) is 45.0 Å². The number of aromatic nitrogens is 1. The lowest BCUT2D eigenvalue weighted by Gasteiger charge is -2.17. The van der Waals surface area contributed by atoms with E-state index in [2.05, 4.69) is 27.5 Å². The predicted octanol–water partition coefficient (Wildman–Crippen LogP) is 5.15. The molecule has 0 atom stereocenters. The maximum atomic E-state index is 13.5. The van der Waals surface area contributed by atoms with Gasteiger partial charge in [0.05, 0.1) is 22.3 Å². The lowest BCUT2D eigenvalue weighted by atomic mass is 10.1. The van der Waals surface area contributed by atoms with Crippen molar-refractivity contribution in [3.8, 4) is 24.7 Å². The molecule has 11 nitrogen and oxygen atoms in total. The zero-order chi connectivity index (χ0) is 35.1. The minimum Gasteiger partial charge on any atom is -0.322 e. The van der Waals surface area contributed by atoms with Gasteiger partial charge in [-0.25, -0.2) is 14.8 Å². The first-order valence-electron chi connectivity index (χ1n) is 15.0. The average Bonchev–Trinajstić information content (AvgIpc) is 3.54. The first-order chi connectivity index (χ1) is 24.2. The molecule has 2 aliphatic rings. The molecule has 0 fully saturated rings. The number of hydrogen-bond acceptors (Lipinski definition) is 7. The summed E-state index contributed by atoms with van der Waals surface area (Å²) >= 11 is 0. The number of benzene rings is 4. The summed E-state index contributed by atoms with van der Waals surface area (Å²) in [5.41, 5.74) is 2.34. The molecule has 2 aliphatic heterocycles. The monoisotopic (exact) mass is 655 g/mol. The van der Waals surface area contributed by atoms with Crippen LogP contribution in [0.4, 0.5) is 23.0 Å². The fourth-order valence-corrected chi connectivity index (χ4v) is 5.62. The first-order valence-corrected chi connectivity index (χ1v) is 15.0. The number of terminal acetylenes is 2. The SMILES string of the molecule is C#Cc1cccc(NC(=O)c2ccc3c(c2)C(=O)N(c2cccc(N4C(=O)c5ccc(C(=O)Nc6cccc(C#C)c6)cc5C4=O)n2)C3=O)c1. The van der Waals surface area contributed by atoms with E-state index < -0.39 is 35.4 Å². The Kier molecular flexibility index (Phi) is 7.56. The normalized spacial score (nSPS) is 13.0. The summed E-state index contributed by atoms with van der Waals surface area (Å²) in [5.74, 6) is 0.756. The van der Waals surface area contributed by atoms with Crippen molar-refractivity contribution >= 4 is 58.5 Å². The van der Waals surface area contributed by atoms with Crippen LogP contribution in [0, 0.1) is 24.7 Å². The van der Waals surface area contributed by atoms with E-state index in [0.29, 0.717) is 22.5 Å². The van der Waals surface area contributed by atoms with Gasteiger partial charge in [-0.1, -0.05) is 30.0 Å². The summed E-state index contributed by atoms with van der Waals surface area (Å²) in [4.78, 5) is 85.8. The zero-order valence-corrected chi connectivity index (χ0v) is 25.8. The second-order valence-corrected chi connectivity index (χ2v) is 11.1. The van der Waals surface area contributed by atoms with Crippen molar-refractivity contribution in [1.29, 1.82) is 0 Å². The molecular weight excluding hydrogens is 634 g/mol. The van der Waals surface area contributed by atoms with Crippen LogP contribution in [0.5, 0.6) is 0 Å². The number of nitrogens with one attached hydrogen (secondary N) is 2. The smallest absolute Gasteiger partial charge is 0.267 e. The summed E-state index contributed by atoms with van der Waals surface area (Å²) in [5, 5.41) is 5.43. The number of pyridine rings is 1. The molecule has 2 N–H and O–H groups in total. The number of hydrogen-bond donors (Lipinski definition) is 2. The van der Waals surface area contributed by atoms with E-state index in [4.69, 9.17) is 12.8 Å². The van der Waals surface area contributed by atoms with Gasteiger partial charge in [-0.05, 0) is 84.9 Å². The van der Waals surface area contributed by atoms with Crippen LogP contribution in [0.1, 0.15) is 73.3 Å². The maximum absolute atomic E-state index is 13.5. The van der Waals surface area contributed by atoms with Crippen LogP contribution in [0.15, 0.2) is 103 Å². The molecule has 0 spiro atoms. The second kappa shape index (κ2) is 12.2. The third-order valence-electron chi connectivity index (χ3n) is 8.05. The average molecular weight is 656 g/mol. The molecule has 11 heteroatoms. The van der Waals surface area contributed by atoms with Gasteiger partial charge in [0.25, 0.3) is 35.4 Å². The number of anilines is 4. The molecule has 0 radical (unpaired) electrons. The number of carbonyl (C=O) groups is 6. The highest BCUT2D eigenvalue weighted by Crippen LogP contribution is 2.32. The summed E-state index contributed by atoms with van der Waals surface area (Å²) in [6.07, 6.45) is 10.9. The molecule has 3 heterocycles. The van der Waals surface area contributed by atoms with Crippen LogP contribution in [0.3, 0.4) is 0 Å². The van der Waals surface area contributed by atoms with Gasteiger partial charge in [0.1, 0.15) is 11.6 Å². The molecule has 0 bridgehead atoms. The van der Waals surface area contributed by atoms with Gasteiger partial charge in [-0.3, -0.25) is 28.8 Å². The lowest BCUT2D eigenvalue weighted by Crippen LogP contribution is -2.33. The third kappa shape index (κ3) is 5.33. The fraction of sp³-hybridized carbons (Fsp3) is 0. The summed E-state index contributed by atoms with van der Waals surface area (Å²) < 4.78 is 0.